The number of nitrogens with two attached hydrogens (primary N) is 1. The molecule has 23 heavy (non-hydrogen) atoms. The number of carbonyl (C=O) groups excluding carboxylic acids is 2. The van der Waals surface area contributed by atoms with Crippen LogP contribution in [0.3, 0.4) is 0 Å². The Labute approximate surface area is 143 Å². The summed E-state index contributed by atoms with van der Waals surface area (Å²) in [5.74, 6) is -0.808. The van der Waals surface area contributed by atoms with Gasteiger partial charge in [0, 0.05) is 16.3 Å². The fraction of sp³-hybridized carbons (Fsp3) is 0.125. The number of hydrogen-bond donors (Lipinski definition) is 3. The summed E-state index contributed by atoms with van der Waals surface area (Å²) in [6, 6.07) is 10.9. The van der Waals surface area contributed by atoms with E-state index in [4.69, 9.17) is 28.9 Å². The van der Waals surface area contributed by atoms with E-state index < -0.39 is 11.9 Å². The molecule has 0 heterocycles. The Morgan fingerprint density at radius 2 is 1.87 bits per heavy atom. The van der Waals surface area contributed by atoms with Crippen LogP contribution in [0, 0.1) is 0 Å². The van der Waals surface area contributed by atoms with E-state index in [0.29, 0.717) is 27.0 Å². The van der Waals surface area contributed by atoms with Gasteiger partial charge in [0.15, 0.2) is 0 Å². The number of hydrogen-bond acceptors (Lipinski definition) is 3. The first-order valence-corrected chi connectivity index (χ1v) is 7.54. The number of primary amides is 1. The third kappa shape index (κ3) is 4.61. The van der Waals surface area contributed by atoms with Crippen LogP contribution in [0.15, 0.2) is 42.5 Å². The Bertz CT molecular complexity index is 750. The highest BCUT2D eigenvalue weighted by molar-refractivity contribution is 6.36. The number of amides is 2. The first kappa shape index (κ1) is 17.1. The Balaban J connectivity index is 2.05. The van der Waals surface area contributed by atoms with Gasteiger partial charge in [0.05, 0.1) is 10.7 Å². The zero-order valence-electron chi connectivity index (χ0n) is 12.3. The normalized spacial score (nSPS) is 11.6. The van der Waals surface area contributed by atoms with Crippen molar-refractivity contribution < 1.29 is 9.59 Å². The quantitative estimate of drug-likeness (QED) is 0.770. The molecule has 4 N–H and O–H groups in total. The van der Waals surface area contributed by atoms with Crippen LogP contribution in [-0.4, -0.2) is 17.9 Å². The minimum atomic E-state index is -0.551. The first-order chi connectivity index (χ1) is 10.9. The van der Waals surface area contributed by atoms with Crippen molar-refractivity contribution in [2.75, 3.05) is 10.6 Å². The second kappa shape index (κ2) is 7.35. The summed E-state index contributed by atoms with van der Waals surface area (Å²) in [4.78, 5) is 23.4. The molecule has 0 aromatic heterocycles. The van der Waals surface area contributed by atoms with E-state index in [1.165, 1.54) is 0 Å². The molecule has 2 aromatic carbocycles. The molecule has 0 fully saturated rings. The van der Waals surface area contributed by atoms with Gasteiger partial charge in [-0.25, -0.2) is 0 Å². The predicted molar refractivity (Wildman–Crippen MR) is 93.1 cm³/mol. The highest BCUT2D eigenvalue weighted by atomic mass is 35.5. The minimum absolute atomic E-state index is 0.279. The molecule has 0 saturated carbocycles. The van der Waals surface area contributed by atoms with Gasteiger partial charge in [-0.3, -0.25) is 9.59 Å². The second-order valence-electron chi connectivity index (χ2n) is 4.92. The zero-order chi connectivity index (χ0) is 17.0. The van der Waals surface area contributed by atoms with Crippen LogP contribution >= 0.6 is 23.2 Å². The molecule has 0 saturated heterocycles. The lowest BCUT2D eigenvalue weighted by atomic mass is 10.1. The van der Waals surface area contributed by atoms with Crippen LogP contribution in [0.25, 0.3) is 0 Å². The van der Waals surface area contributed by atoms with Crippen LogP contribution in [-0.2, 0) is 4.79 Å². The smallest absolute Gasteiger partial charge is 0.248 e. The number of anilines is 2. The largest absolute Gasteiger partial charge is 0.374 e. The lowest BCUT2D eigenvalue weighted by molar-refractivity contribution is -0.116. The van der Waals surface area contributed by atoms with E-state index in [0.717, 1.165) is 0 Å². The monoisotopic (exact) mass is 351 g/mol. The Hall–Kier alpha value is -2.24. The van der Waals surface area contributed by atoms with Gasteiger partial charge >= 0.3 is 0 Å². The van der Waals surface area contributed by atoms with Gasteiger partial charge in [-0.05, 0) is 43.3 Å². The summed E-state index contributed by atoms with van der Waals surface area (Å²) < 4.78 is 0. The van der Waals surface area contributed by atoms with Crippen molar-refractivity contribution in [1.29, 1.82) is 0 Å². The number of benzene rings is 2. The molecular formula is C16H15Cl2N3O2. The van der Waals surface area contributed by atoms with E-state index in [1.54, 1.807) is 49.4 Å². The lowest BCUT2D eigenvalue weighted by Gasteiger charge is -2.16. The van der Waals surface area contributed by atoms with Crippen molar-refractivity contribution in [2.24, 2.45) is 5.73 Å². The molecule has 0 radical (unpaired) electrons. The molecule has 2 amide bonds. The van der Waals surface area contributed by atoms with Gasteiger partial charge in [0.25, 0.3) is 0 Å². The van der Waals surface area contributed by atoms with Gasteiger partial charge in [0.2, 0.25) is 11.8 Å². The molecular weight excluding hydrogens is 337 g/mol. The maximum Gasteiger partial charge on any atom is 0.248 e. The van der Waals surface area contributed by atoms with Gasteiger partial charge in [0.1, 0.15) is 6.04 Å². The summed E-state index contributed by atoms with van der Waals surface area (Å²) in [6.07, 6.45) is 0. The maximum absolute atomic E-state index is 12.2. The Kier molecular flexibility index (Phi) is 5.47. The van der Waals surface area contributed by atoms with Gasteiger partial charge in [-0.1, -0.05) is 29.3 Å². The molecule has 120 valence electrons. The molecule has 1 atom stereocenters. The fourth-order valence-corrected chi connectivity index (χ4v) is 2.37. The topological polar surface area (TPSA) is 84.2 Å². The van der Waals surface area contributed by atoms with Crippen molar-refractivity contribution in [3.8, 4) is 0 Å². The van der Waals surface area contributed by atoms with E-state index in [9.17, 15) is 9.59 Å². The van der Waals surface area contributed by atoms with Crippen molar-refractivity contribution in [2.45, 2.75) is 13.0 Å². The summed E-state index contributed by atoms with van der Waals surface area (Å²) in [7, 11) is 0. The van der Waals surface area contributed by atoms with Crippen LogP contribution < -0.4 is 16.4 Å². The molecule has 0 aliphatic rings. The van der Waals surface area contributed by atoms with Crippen molar-refractivity contribution in [3.05, 3.63) is 58.1 Å². The van der Waals surface area contributed by atoms with Crippen LogP contribution in [0.4, 0.5) is 11.4 Å². The molecule has 0 spiro atoms. The van der Waals surface area contributed by atoms with Gasteiger partial charge < -0.3 is 16.4 Å². The second-order valence-corrected chi connectivity index (χ2v) is 5.77. The molecule has 7 heteroatoms. The van der Waals surface area contributed by atoms with E-state index in [2.05, 4.69) is 10.6 Å². The summed E-state index contributed by atoms with van der Waals surface area (Å²) >= 11 is 11.8. The molecule has 5 nitrogen and oxygen atoms in total. The molecule has 2 aromatic rings. The van der Waals surface area contributed by atoms with Crippen molar-refractivity contribution in [3.63, 3.8) is 0 Å². The van der Waals surface area contributed by atoms with Crippen LogP contribution in [0.2, 0.25) is 10.0 Å². The SMILES string of the molecule is CC(Nc1cccc(C(N)=O)c1)C(=O)Nc1ccc(Cl)cc1Cl. The maximum atomic E-state index is 12.2. The highest BCUT2D eigenvalue weighted by Gasteiger charge is 2.15. The summed E-state index contributed by atoms with van der Waals surface area (Å²) in [5, 5.41) is 6.55. The van der Waals surface area contributed by atoms with E-state index in [1.807, 2.05) is 0 Å². The first-order valence-electron chi connectivity index (χ1n) is 6.79. The zero-order valence-corrected chi connectivity index (χ0v) is 13.8. The van der Waals surface area contributed by atoms with Crippen LogP contribution in [0.5, 0.6) is 0 Å². The minimum Gasteiger partial charge on any atom is -0.374 e. The summed E-state index contributed by atoms with van der Waals surface area (Å²) in [6.45, 7) is 1.69. The lowest BCUT2D eigenvalue weighted by Crippen LogP contribution is -2.32. The van der Waals surface area contributed by atoms with E-state index in [-0.39, 0.29) is 5.91 Å². The van der Waals surface area contributed by atoms with Crippen LogP contribution in [0.1, 0.15) is 17.3 Å². The molecule has 0 bridgehead atoms. The fourth-order valence-electron chi connectivity index (χ4n) is 1.91. The van der Waals surface area contributed by atoms with Gasteiger partial charge in [-0.15, -0.1) is 0 Å². The standard InChI is InChI=1S/C16H15Cl2N3O2/c1-9(20-12-4-2-3-10(7-12)15(19)22)16(23)21-14-6-5-11(17)8-13(14)18/h2-9,20H,1H3,(H2,19,22)(H,21,23). The summed E-state index contributed by atoms with van der Waals surface area (Å²) in [5.41, 5.74) is 6.69. The number of nitrogens with one attached hydrogen (secondary N) is 2. The third-order valence-electron chi connectivity index (χ3n) is 3.11. The molecule has 2 rings (SSSR count). The Morgan fingerprint density at radius 1 is 1.13 bits per heavy atom. The molecule has 1 unspecified atom stereocenters. The molecule has 0 aliphatic heterocycles. The average Bonchev–Trinajstić information content (AvgIpc) is 2.50. The van der Waals surface area contributed by atoms with E-state index >= 15 is 0 Å². The Morgan fingerprint density at radius 3 is 2.52 bits per heavy atom. The van der Waals surface area contributed by atoms with Crippen molar-refractivity contribution in [1.82, 2.24) is 0 Å². The average molecular weight is 352 g/mol. The third-order valence-corrected chi connectivity index (χ3v) is 3.66. The van der Waals surface area contributed by atoms with Crippen molar-refractivity contribution >= 4 is 46.4 Å². The predicted octanol–water partition coefficient (Wildman–Crippen LogP) is 3.53. The molecule has 0 aliphatic carbocycles. The number of rotatable bonds is 5. The number of carbonyl (C=O) groups is 2. The van der Waals surface area contributed by atoms with Gasteiger partial charge in [-0.2, -0.15) is 0 Å². The highest BCUT2D eigenvalue weighted by Crippen LogP contribution is 2.25. The number of halogens is 2.